The summed E-state index contributed by atoms with van der Waals surface area (Å²) in [4.78, 5) is 12.7. The number of imidazole rings is 1. The van der Waals surface area contributed by atoms with Gasteiger partial charge < -0.3 is 4.74 Å². The molecule has 0 aliphatic carbocycles. The van der Waals surface area contributed by atoms with Crippen molar-refractivity contribution in [3.63, 3.8) is 0 Å². The molecule has 0 amide bonds. The lowest BCUT2D eigenvalue weighted by molar-refractivity contribution is 0.0670. The fraction of sp³-hybridized carbons (Fsp3) is 0.304. The third-order valence-corrected chi connectivity index (χ3v) is 6.21. The van der Waals surface area contributed by atoms with Crippen LogP contribution in [-0.4, -0.2) is 38.5 Å². The average molecular weight is 423 g/mol. The summed E-state index contributed by atoms with van der Waals surface area (Å²) in [6, 6.07) is 12.6. The van der Waals surface area contributed by atoms with Crippen LogP contribution in [0, 0.1) is 5.82 Å². The van der Waals surface area contributed by atoms with Crippen molar-refractivity contribution in [3.8, 4) is 11.3 Å². The van der Waals surface area contributed by atoms with Crippen molar-refractivity contribution in [1.82, 2.24) is 19.3 Å². The standard InChI is InChI=1S/C23H23FN4OS/c24-18-8-6-17(7-9-18)22-21(28-11-13-30-23(28)26-22)16-27(15-20-5-3-12-29-20)14-19-4-1-2-10-25-19/h1-2,4,6-11,13,20H,3,5,12,14-16H2/t20-/m1/s1. The van der Waals surface area contributed by atoms with Gasteiger partial charge in [0.2, 0.25) is 0 Å². The van der Waals surface area contributed by atoms with Gasteiger partial charge in [-0.3, -0.25) is 14.3 Å². The van der Waals surface area contributed by atoms with Gasteiger partial charge in [-0.05, 0) is 49.2 Å². The Morgan fingerprint density at radius 2 is 2.07 bits per heavy atom. The second-order valence-electron chi connectivity index (χ2n) is 7.60. The molecule has 0 saturated carbocycles. The number of ether oxygens (including phenoxy) is 1. The van der Waals surface area contributed by atoms with Crippen LogP contribution in [-0.2, 0) is 17.8 Å². The van der Waals surface area contributed by atoms with E-state index in [2.05, 4.69) is 26.5 Å². The number of nitrogens with zero attached hydrogens (tertiary/aromatic N) is 4. The highest BCUT2D eigenvalue weighted by Gasteiger charge is 2.23. The summed E-state index contributed by atoms with van der Waals surface area (Å²) in [6.45, 7) is 3.13. The van der Waals surface area contributed by atoms with Crippen LogP contribution in [0.3, 0.4) is 0 Å². The van der Waals surface area contributed by atoms with Crippen molar-refractivity contribution < 1.29 is 9.13 Å². The van der Waals surface area contributed by atoms with Gasteiger partial charge in [0, 0.05) is 49.6 Å². The Bertz CT molecular complexity index is 1100. The first-order valence-electron chi connectivity index (χ1n) is 10.2. The Morgan fingerprint density at radius 1 is 1.17 bits per heavy atom. The number of pyridine rings is 1. The number of aromatic nitrogens is 3. The van der Waals surface area contributed by atoms with Crippen LogP contribution in [0.15, 0.2) is 60.2 Å². The minimum Gasteiger partial charge on any atom is -0.377 e. The summed E-state index contributed by atoms with van der Waals surface area (Å²) in [7, 11) is 0. The summed E-state index contributed by atoms with van der Waals surface area (Å²) in [5.74, 6) is -0.239. The molecule has 4 heterocycles. The smallest absolute Gasteiger partial charge is 0.194 e. The number of thiazole rings is 1. The lowest BCUT2D eigenvalue weighted by atomic mass is 10.1. The second-order valence-corrected chi connectivity index (χ2v) is 8.47. The zero-order chi connectivity index (χ0) is 20.3. The van der Waals surface area contributed by atoms with Gasteiger partial charge in [-0.15, -0.1) is 11.3 Å². The van der Waals surface area contributed by atoms with Crippen LogP contribution in [0.5, 0.6) is 0 Å². The molecule has 1 saturated heterocycles. The van der Waals surface area contributed by atoms with Crippen LogP contribution >= 0.6 is 11.3 Å². The Hall–Kier alpha value is -2.61. The van der Waals surface area contributed by atoms with Gasteiger partial charge >= 0.3 is 0 Å². The van der Waals surface area contributed by atoms with E-state index < -0.39 is 0 Å². The van der Waals surface area contributed by atoms with Crippen LogP contribution in [0.2, 0.25) is 0 Å². The summed E-state index contributed by atoms with van der Waals surface area (Å²) < 4.78 is 21.5. The molecule has 5 nitrogen and oxygen atoms in total. The fourth-order valence-corrected chi connectivity index (χ4v) is 4.75. The van der Waals surface area contributed by atoms with Crippen molar-refractivity contribution in [1.29, 1.82) is 0 Å². The summed E-state index contributed by atoms with van der Waals surface area (Å²) >= 11 is 1.61. The fourth-order valence-electron chi connectivity index (χ4n) is 4.02. The van der Waals surface area contributed by atoms with E-state index in [0.29, 0.717) is 6.54 Å². The molecule has 1 fully saturated rings. The predicted octanol–water partition coefficient (Wildman–Crippen LogP) is 4.78. The summed E-state index contributed by atoms with van der Waals surface area (Å²) in [5, 5.41) is 2.05. The maximum absolute atomic E-state index is 13.5. The summed E-state index contributed by atoms with van der Waals surface area (Å²) in [6.07, 6.45) is 6.34. The zero-order valence-electron chi connectivity index (χ0n) is 16.6. The number of halogens is 1. The molecular formula is C23H23FN4OS. The molecule has 7 heteroatoms. The van der Waals surface area contributed by atoms with Gasteiger partial charge in [0.05, 0.1) is 23.2 Å². The molecule has 0 radical (unpaired) electrons. The largest absolute Gasteiger partial charge is 0.377 e. The molecule has 0 N–H and O–H groups in total. The maximum Gasteiger partial charge on any atom is 0.194 e. The number of rotatable bonds is 7. The molecule has 30 heavy (non-hydrogen) atoms. The van der Waals surface area contributed by atoms with Crippen LogP contribution in [0.25, 0.3) is 16.2 Å². The molecule has 4 aromatic rings. The van der Waals surface area contributed by atoms with Crippen LogP contribution in [0.4, 0.5) is 4.39 Å². The molecule has 1 aromatic carbocycles. The lowest BCUT2D eigenvalue weighted by Gasteiger charge is -2.25. The highest BCUT2D eigenvalue weighted by Crippen LogP contribution is 2.29. The first-order valence-corrected chi connectivity index (χ1v) is 11.1. The Labute approximate surface area is 178 Å². The number of benzene rings is 1. The van der Waals surface area contributed by atoms with E-state index in [1.165, 1.54) is 12.1 Å². The molecule has 0 unspecified atom stereocenters. The SMILES string of the molecule is Fc1ccc(-c2nc3sccn3c2CN(Cc2ccccn2)C[C@H]2CCCO2)cc1. The zero-order valence-corrected chi connectivity index (χ0v) is 17.4. The van der Waals surface area contributed by atoms with Crippen molar-refractivity contribution >= 4 is 16.3 Å². The molecular weight excluding hydrogens is 399 g/mol. The van der Waals surface area contributed by atoms with Gasteiger partial charge in [-0.2, -0.15) is 0 Å². The van der Waals surface area contributed by atoms with E-state index in [-0.39, 0.29) is 11.9 Å². The minimum absolute atomic E-state index is 0.239. The molecule has 1 atom stereocenters. The number of hydrogen-bond donors (Lipinski definition) is 0. The van der Waals surface area contributed by atoms with Gasteiger partial charge in [-0.25, -0.2) is 9.37 Å². The van der Waals surface area contributed by atoms with E-state index in [1.54, 1.807) is 23.5 Å². The average Bonchev–Trinajstić information content (AvgIpc) is 3.49. The van der Waals surface area contributed by atoms with E-state index in [4.69, 9.17) is 9.72 Å². The highest BCUT2D eigenvalue weighted by atomic mass is 32.1. The third-order valence-electron chi connectivity index (χ3n) is 5.45. The van der Waals surface area contributed by atoms with E-state index in [0.717, 1.165) is 60.1 Å². The van der Waals surface area contributed by atoms with Crippen molar-refractivity contribution in [2.75, 3.05) is 13.2 Å². The Morgan fingerprint density at radius 3 is 2.83 bits per heavy atom. The Kier molecular flexibility index (Phi) is 5.57. The molecule has 154 valence electrons. The van der Waals surface area contributed by atoms with Crippen molar-refractivity contribution in [2.45, 2.75) is 32.0 Å². The van der Waals surface area contributed by atoms with Gasteiger partial charge in [-0.1, -0.05) is 6.07 Å². The van der Waals surface area contributed by atoms with Crippen LogP contribution in [0.1, 0.15) is 24.2 Å². The first-order chi connectivity index (χ1) is 14.8. The molecule has 5 rings (SSSR count). The molecule has 1 aliphatic rings. The molecule has 0 bridgehead atoms. The third kappa shape index (κ3) is 4.14. The molecule has 1 aliphatic heterocycles. The Balaban J connectivity index is 1.49. The predicted molar refractivity (Wildman–Crippen MR) is 116 cm³/mol. The first kappa shape index (κ1) is 19.4. The van der Waals surface area contributed by atoms with Gasteiger partial charge in [0.1, 0.15) is 5.82 Å². The normalized spacial score (nSPS) is 16.7. The number of hydrogen-bond acceptors (Lipinski definition) is 5. The topological polar surface area (TPSA) is 42.7 Å². The van der Waals surface area contributed by atoms with E-state index >= 15 is 0 Å². The number of fused-ring (bicyclic) bond motifs is 1. The second kappa shape index (κ2) is 8.63. The van der Waals surface area contributed by atoms with Gasteiger partial charge in [0.25, 0.3) is 0 Å². The van der Waals surface area contributed by atoms with E-state index in [1.807, 2.05) is 23.7 Å². The summed E-state index contributed by atoms with van der Waals surface area (Å²) in [5.41, 5.74) is 3.97. The van der Waals surface area contributed by atoms with Crippen LogP contribution < -0.4 is 0 Å². The molecule has 3 aromatic heterocycles. The highest BCUT2D eigenvalue weighted by molar-refractivity contribution is 7.15. The lowest BCUT2D eigenvalue weighted by Crippen LogP contribution is -2.32. The monoisotopic (exact) mass is 422 g/mol. The van der Waals surface area contributed by atoms with Crippen molar-refractivity contribution in [3.05, 3.63) is 77.4 Å². The molecule has 0 spiro atoms. The van der Waals surface area contributed by atoms with Gasteiger partial charge in [0.15, 0.2) is 4.96 Å². The van der Waals surface area contributed by atoms with E-state index in [9.17, 15) is 4.39 Å². The maximum atomic E-state index is 13.5. The minimum atomic E-state index is -0.239. The van der Waals surface area contributed by atoms with Crippen molar-refractivity contribution in [2.24, 2.45) is 0 Å². The quantitative estimate of drug-likeness (QED) is 0.430.